The van der Waals surface area contributed by atoms with Crippen LogP contribution in [0.1, 0.15) is 12.6 Å². The van der Waals surface area contributed by atoms with Crippen molar-refractivity contribution in [1.82, 2.24) is 4.98 Å². The highest BCUT2D eigenvalue weighted by Gasteiger charge is 2.13. The van der Waals surface area contributed by atoms with Gasteiger partial charge in [0, 0.05) is 17.7 Å². The summed E-state index contributed by atoms with van der Waals surface area (Å²) < 4.78 is 1.21. The summed E-state index contributed by atoms with van der Waals surface area (Å²) in [6.45, 7) is 2.15. The van der Waals surface area contributed by atoms with Gasteiger partial charge in [0.05, 0.1) is 11.7 Å². The highest BCUT2D eigenvalue weighted by Crippen LogP contribution is 2.27. The molecule has 0 aromatic carbocycles. The zero-order valence-corrected chi connectivity index (χ0v) is 9.64. The van der Waals surface area contributed by atoms with Crippen LogP contribution in [0.15, 0.2) is 29.4 Å². The summed E-state index contributed by atoms with van der Waals surface area (Å²) in [6, 6.07) is 6.51. The molecule has 2 nitrogen and oxygen atoms in total. The molecule has 0 N–H and O–H groups in total. The Morgan fingerprint density at radius 1 is 1.57 bits per heavy atom. The summed E-state index contributed by atoms with van der Waals surface area (Å²) in [5.74, 6) is 2.06. The van der Waals surface area contributed by atoms with E-state index in [4.69, 9.17) is 0 Å². The summed E-state index contributed by atoms with van der Waals surface area (Å²) >= 11 is 3.65. The maximum absolute atomic E-state index is 4.52. The maximum Gasteiger partial charge on any atom is 0.125 e. The van der Waals surface area contributed by atoms with Gasteiger partial charge in [-0.1, -0.05) is 29.6 Å². The van der Waals surface area contributed by atoms with E-state index >= 15 is 0 Å². The van der Waals surface area contributed by atoms with Gasteiger partial charge in [0.25, 0.3) is 0 Å². The predicted octanol–water partition coefficient (Wildman–Crippen LogP) is 2.81. The lowest BCUT2D eigenvalue weighted by Crippen LogP contribution is -1.92. The molecule has 0 bridgehead atoms. The van der Waals surface area contributed by atoms with Crippen molar-refractivity contribution < 1.29 is 0 Å². The Bertz CT molecular complexity index is 324. The van der Waals surface area contributed by atoms with Crippen LogP contribution in [0.25, 0.3) is 0 Å². The first kappa shape index (κ1) is 10.1. The Morgan fingerprint density at radius 3 is 3.14 bits per heavy atom. The van der Waals surface area contributed by atoms with Crippen LogP contribution < -0.4 is 0 Å². The molecule has 0 saturated carbocycles. The van der Waals surface area contributed by atoms with Crippen LogP contribution in [-0.2, 0) is 5.75 Å². The van der Waals surface area contributed by atoms with Crippen LogP contribution >= 0.6 is 23.5 Å². The number of rotatable bonds is 2. The van der Waals surface area contributed by atoms with E-state index < -0.39 is 0 Å². The summed E-state index contributed by atoms with van der Waals surface area (Å²) in [6.07, 6.45) is 1.84. The molecule has 2 heterocycles. The number of hydrogen-bond acceptors (Lipinski definition) is 4. The van der Waals surface area contributed by atoms with E-state index in [2.05, 4.69) is 23.0 Å². The third kappa shape index (κ3) is 2.75. The Balaban J connectivity index is 1.86. The molecular formula is C10H12N2S2. The Hall–Kier alpha value is -0.480. The molecule has 1 atom stereocenters. The van der Waals surface area contributed by atoms with Gasteiger partial charge in [0.2, 0.25) is 0 Å². The average molecular weight is 224 g/mol. The molecule has 0 aliphatic carbocycles. The Kier molecular flexibility index (Phi) is 3.48. The second-order valence-corrected chi connectivity index (χ2v) is 5.40. The highest BCUT2D eigenvalue weighted by atomic mass is 32.2. The van der Waals surface area contributed by atoms with E-state index in [1.54, 1.807) is 11.8 Å². The Morgan fingerprint density at radius 2 is 2.50 bits per heavy atom. The van der Waals surface area contributed by atoms with Crippen molar-refractivity contribution in [1.29, 1.82) is 0 Å². The fourth-order valence-electron chi connectivity index (χ4n) is 1.14. The summed E-state index contributed by atoms with van der Waals surface area (Å²) in [4.78, 5) is 8.79. The van der Waals surface area contributed by atoms with E-state index in [1.165, 1.54) is 4.38 Å². The summed E-state index contributed by atoms with van der Waals surface area (Å²) in [5, 5.41) is 0. The number of aliphatic imine (C=N–C) groups is 1. The molecule has 0 amide bonds. The topological polar surface area (TPSA) is 25.2 Å². The van der Waals surface area contributed by atoms with E-state index in [0.717, 1.165) is 17.2 Å². The number of hydrogen-bond donors (Lipinski definition) is 0. The van der Waals surface area contributed by atoms with Gasteiger partial charge in [0.1, 0.15) is 4.38 Å². The standard InChI is InChI=1S/C10H12N2S2/c1-8-6-13-10(12-8)14-7-9-4-2-3-5-11-9/h2-5,8H,6-7H2,1H3/t8-/m1/s1. The minimum Gasteiger partial charge on any atom is -0.268 e. The van der Waals surface area contributed by atoms with Crippen LogP contribution in [0.2, 0.25) is 0 Å². The van der Waals surface area contributed by atoms with Crippen LogP contribution in [0.3, 0.4) is 0 Å². The first-order chi connectivity index (χ1) is 6.84. The maximum atomic E-state index is 4.52. The molecule has 14 heavy (non-hydrogen) atoms. The normalized spacial score (nSPS) is 20.9. The van der Waals surface area contributed by atoms with E-state index in [-0.39, 0.29) is 0 Å². The molecule has 0 radical (unpaired) electrons. The van der Waals surface area contributed by atoms with Crippen LogP contribution in [0.5, 0.6) is 0 Å². The minimum atomic E-state index is 0.492. The van der Waals surface area contributed by atoms with E-state index in [1.807, 2.05) is 30.1 Å². The molecule has 2 rings (SSSR count). The van der Waals surface area contributed by atoms with E-state index in [9.17, 15) is 0 Å². The van der Waals surface area contributed by atoms with Crippen LogP contribution in [0.4, 0.5) is 0 Å². The first-order valence-corrected chi connectivity index (χ1v) is 6.55. The van der Waals surface area contributed by atoms with Crippen LogP contribution in [-0.4, -0.2) is 21.2 Å². The van der Waals surface area contributed by atoms with Gasteiger partial charge in [-0.3, -0.25) is 9.98 Å². The molecule has 4 heteroatoms. The Labute approximate surface area is 92.6 Å². The van der Waals surface area contributed by atoms with Crippen molar-refractivity contribution in [3.8, 4) is 0 Å². The molecule has 0 fully saturated rings. The lowest BCUT2D eigenvalue weighted by atomic mass is 10.4. The molecule has 0 spiro atoms. The number of nitrogens with zero attached hydrogens (tertiary/aromatic N) is 2. The van der Waals surface area contributed by atoms with Crippen molar-refractivity contribution in [2.45, 2.75) is 18.7 Å². The fraction of sp³-hybridized carbons (Fsp3) is 0.400. The number of thioether (sulfide) groups is 2. The third-order valence-electron chi connectivity index (χ3n) is 1.84. The fourth-order valence-corrected chi connectivity index (χ4v) is 3.27. The van der Waals surface area contributed by atoms with Gasteiger partial charge in [-0.25, -0.2) is 0 Å². The van der Waals surface area contributed by atoms with Crippen LogP contribution in [0, 0.1) is 0 Å². The van der Waals surface area contributed by atoms with Gasteiger partial charge in [0.15, 0.2) is 0 Å². The lowest BCUT2D eigenvalue weighted by Gasteiger charge is -1.98. The molecule has 0 unspecified atom stereocenters. The molecular weight excluding hydrogens is 212 g/mol. The average Bonchev–Trinajstić information content (AvgIpc) is 2.63. The predicted molar refractivity (Wildman–Crippen MR) is 64.9 cm³/mol. The van der Waals surface area contributed by atoms with Gasteiger partial charge < -0.3 is 0 Å². The SMILES string of the molecule is C[C@@H]1CSC(SCc2ccccn2)=N1. The molecule has 1 aromatic heterocycles. The van der Waals surface area contributed by atoms with Gasteiger partial charge in [-0.15, -0.1) is 0 Å². The molecule has 74 valence electrons. The quantitative estimate of drug-likeness (QED) is 0.772. The molecule has 0 saturated heterocycles. The third-order valence-corrected chi connectivity index (χ3v) is 4.34. The first-order valence-electron chi connectivity index (χ1n) is 4.58. The van der Waals surface area contributed by atoms with Gasteiger partial charge in [-0.05, 0) is 19.1 Å². The van der Waals surface area contributed by atoms with Crippen molar-refractivity contribution in [3.05, 3.63) is 30.1 Å². The zero-order valence-electron chi connectivity index (χ0n) is 8.01. The van der Waals surface area contributed by atoms with Crippen molar-refractivity contribution >= 4 is 27.9 Å². The summed E-state index contributed by atoms with van der Waals surface area (Å²) in [5.41, 5.74) is 1.13. The lowest BCUT2D eigenvalue weighted by molar-refractivity contribution is 0.867. The second-order valence-electron chi connectivity index (χ2n) is 3.16. The smallest absolute Gasteiger partial charge is 0.125 e. The van der Waals surface area contributed by atoms with Crippen molar-refractivity contribution in [2.24, 2.45) is 4.99 Å². The molecule has 1 aliphatic rings. The minimum absolute atomic E-state index is 0.492. The van der Waals surface area contributed by atoms with Crippen molar-refractivity contribution in [2.75, 3.05) is 5.75 Å². The monoisotopic (exact) mass is 224 g/mol. The number of pyridine rings is 1. The van der Waals surface area contributed by atoms with E-state index in [0.29, 0.717) is 6.04 Å². The van der Waals surface area contributed by atoms with Crippen molar-refractivity contribution in [3.63, 3.8) is 0 Å². The number of aromatic nitrogens is 1. The molecule has 1 aliphatic heterocycles. The molecule has 1 aromatic rings. The summed E-state index contributed by atoms with van der Waals surface area (Å²) in [7, 11) is 0. The largest absolute Gasteiger partial charge is 0.268 e. The highest BCUT2D eigenvalue weighted by molar-refractivity contribution is 8.38. The second kappa shape index (κ2) is 4.84. The van der Waals surface area contributed by atoms with Gasteiger partial charge in [-0.2, -0.15) is 0 Å². The van der Waals surface area contributed by atoms with Gasteiger partial charge >= 0.3 is 0 Å². The zero-order chi connectivity index (χ0) is 9.80.